The molecule has 0 amide bonds. The van der Waals surface area contributed by atoms with Gasteiger partial charge in [0.05, 0.1) is 84.7 Å². The molecule has 0 aromatic heterocycles. The summed E-state index contributed by atoms with van der Waals surface area (Å²) >= 11 is 0. The van der Waals surface area contributed by atoms with Gasteiger partial charge in [-0.3, -0.25) is 0 Å². The van der Waals surface area contributed by atoms with Crippen LogP contribution >= 0.6 is 0 Å². The third-order valence-electron chi connectivity index (χ3n) is 3.63. The zero-order chi connectivity index (χ0) is 21.3. The monoisotopic (exact) mass is 416 g/mol. The summed E-state index contributed by atoms with van der Waals surface area (Å²) in [4.78, 5) is 0. The largest absolute Gasteiger partial charge is 0.394 e. The second-order valence-electron chi connectivity index (χ2n) is 6.60. The molecule has 170 valence electrons. The molecule has 0 bridgehead atoms. The number of hydrogen-bond acceptors (Lipinski definition) is 11. The lowest BCUT2D eigenvalue weighted by atomic mass is 9.92. The van der Waals surface area contributed by atoms with E-state index in [1.54, 1.807) is 0 Å². The molecular formula is C17H36O11. The van der Waals surface area contributed by atoms with Crippen molar-refractivity contribution in [1.82, 2.24) is 0 Å². The normalized spacial score (nSPS) is 17.2. The van der Waals surface area contributed by atoms with E-state index >= 15 is 0 Å². The van der Waals surface area contributed by atoms with E-state index in [0.717, 1.165) is 0 Å². The highest BCUT2D eigenvalue weighted by molar-refractivity contribution is 4.80. The first-order valence-electron chi connectivity index (χ1n) is 9.09. The fraction of sp³-hybridized carbons (Fsp3) is 1.00. The molecule has 0 aliphatic carbocycles. The fourth-order valence-corrected chi connectivity index (χ4v) is 2.07. The Morgan fingerprint density at radius 2 is 0.964 bits per heavy atom. The first kappa shape index (κ1) is 27.6. The van der Waals surface area contributed by atoms with Crippen molar-refractivity contribution < 1.29 is 54.3 Å². The molecule has 0 rings (SSSR count). The second kappa shape index (κ2) is 17.4. The van der Waals surface area contributed by atoms with Crippen LogP contribution in [0.2, 0.25) is 0 Å². The Hall–Kier alpha value is -0.440. The van der Waals surface area contributed by atoms with Crippen molar-refractivity contribution in [3.63, 3.8) is 0 Å². The Bertz CT molecular complexity index is 304. The van der Waals surface area contributed by atoms with E-state index in [4.69, 9.17) is 39.0 Å². The summed E-state index contributed by atoms with van der Waals surface area (Å²) in [5.74, 6) is 0. The van der Waals surface area contributed by atoms with Gasteiger partial charge >= 0.3 is 0 Å². The summed E-state index contributed by atoms with van der Waals surface area (Å²) in [6.07, 6.45) is -3.12. The first-order valence-corrected chi connectivity index (χ1v) is 9.09. The molecule has 11 nitrogen and oxygen atoms in total. The van der Waals surface area contributed by atoms with E-state index in [1.165, 1.54) is 7.11 Å². The summed E-state index contributed by atoms with van der Waals surface area (Å²) in [7, 11) is 1.54. The maximum Gasteiger partial charge on any atom is 0.100 e. The van der Waals surface area contributed by atoms with Gasteiger partial charge in [0.1, 0.15) is 18.3 Å². The Balaban J connectivity index is 4.94. The lowest BCUT2D eigenvalue weighted by Crippen LogP contribution is -2.44. The Kier molecular flexibility index (Phi) is 17.1. The van der Waals surface area contributed by atoms with Crippen LogP contribution in [-0.4, -0.2) is 135 Å². The number of aliphatic hydroxyl groups is 6. The molecule has 0 radical (unpaired) electrons. The Morgan fingerprint density at radius 1 is 0.607 bits per heavy atom. The van der Waals surface area contributed by atoms with Crippen LogP contribution < -0.4 is 0 Å². The van der Waals surface area contributed by atoms with Gasteiger partial charge in [-0.1, -0.05) is 0 Å². The third-order valence-corrected chi connectivity index (χ3v) is 3.63. The Labute approximate surface area is 165 Å². The van der Waals surface area contributed by atoms with Gasteiger partial charge in [-0.15, -0.1) is 0 Å². The second-order valence-corrected chi connectivity index (χ2v) is 6.60. The molecule has 0 aliphatic heterocycles. The molecule has 0 fully saturated rings. The molecule has 3 unspecified atom stereocenters. The molecule has 28 heavy (non-hydrogen) atoms. The van der Waals surface area contributed by atoms with Crippen LogP contribution in [0.15, 0.2) is 0 Å². The average Bonchev–Trinajstić information content (AvgIpc) is 2.70. The van der Waals surface area contributed by atoms with E-state index < -0.39 is 43.5 Å². The van der Waals surface area contributed by atoms with Gasteiger partial charge in [-0.05, 0) is 0 Å². The van der Waals surface area contributed by atoms with Gasteiger partial charge in [0, 0.05) is 7.11 Å². The number of ether oxygens (including phenoxy) is 5. The molecule has 11 heteroatoms. The number of rotatable bonds is 20. The highest BCUT2D eigenvalue weighted by atomic mass is 16.5. The molecule has 0 aromatic carbocycles. The Morgan fingerprint density at radius 3 is 1.29 bits per heavy atom. The number of aliphatic hydroxyl groups excluding tert-OH is 6. The van der Waals surface area contributed by atoms with Crippen LogP contribution in [0, 0.1) is 5.41 Å². The van der Waals surface area contributed by atoms with Gasteiger partial charge in [0.2, 0.25) is 0 Å². The SMILES string of the molecule is COCCOCC(COCC(O)CO)(COCC(O)CO)COCC(O)CO. The van der Waals surface area contributed by atoms with E-state index in [-0.39, 0.29) is 46.2 Å². The predicted octanol–water partition coefficient (Wildman–Crippen LogP) is -3.25. The molecule has 0 saturated heterocycles. The summed E-state index contributed by atoms with van der Waals surface area (Å²) in [6.45, 7) is -0.815. The van der Waals surface area contributed by atoms with Crippen LogP contribution in [0.25, 0.3) is 0 Å². The topological polar surface area (TPSA) is 168 Å². The number of methoxy groups -OCH3 is 1. The third kappa shape index (κ3) is 13.7. The molecule has 0 spiro atoms. The first-order chi connectivity index (χ1) is 13.4. The minimum Gasteiger partial charge on any atom is -0.394 e. The summed E-state index contributed by atoms with van der Waals surface area (Å²) in [6, 6.07) is 0. The number of hydrogen-bond donors (Lipinski definition) is 6. The van der Waals surface area contributed by atoms with Crippen molar-refractivity contribution >= 4 is 0 Å². The van der Waals surface area contributed by atoms with Crippen LogP contribution in [0.5, 0.6) is 0 Å². The van der Waals surface area contributed by atoms with Crippen LogP contribution in [0.4, 0.5) is 0 Å². The average molecular weight is 416 g/mol. The van der Waals surface area contributed by atoms with Crippen LogP contribution in [0.3, 0.4) is 0 Å². The molecule has 3 atom stereocenters. The van der Waals surface area contributed by atoms with Crippen molar-refractivity contribution in [2.45, 2.75) is 18.3 Å². The van der Waals surface area contributed by atoms with E-state index in [9.17, 15) is 15.3 Å². The minimum atomic E-state index is -1.04. The minimum absolute atomic E-state index is 0.0292. The maximum atomic E-state index is 9.46. The molecule has 0 saturated carbocycles. The van der Waals surface area contributed by atoms with Gasteiger partial charge < -0.3 is 54.3 Å². The molecule has 0 heterocycles. The van der Waals surface area contributed by atoms with Crippen molar-refractivity contribution in [1.29, 1.82) is 0 Å². The standard InChI is InChI=1S/C17H36O11/c1-24-2-3-25-10-17(11-26-7-14(21)4-18,12-27-8-15(22)5-19)13-28-9-16(23)6-20/h14-16,18-23H,2-13H2,1H3. The zero-order valence-electron chi connectivity index (χ0n) is 16.4. The molecular weight excluding hydrogens is 380 g/mol. The summed E-state index contributed by atoms with van der Waals surface area (Å²) in [5.41, 5.74) is -0.868. The fourth-order valence-electron chi connectivity index (χ4n) is 2.07. The molecule has 6 N–H and O–H groups in total. The highest BCUT2D eigenvalue weighted by Gasteiger charge is 2.33. The van der Waals surface area contributed by atoms with Crippen LogP contribution in [-0.2, 0) is 23.7 Å². The van der Waals surface area contributed by atoms with Gasteiger partial charge in [-0.2, -0.15) is 0 Å². The van der Waals surface area contributed by atoms with Crippen molar-refractivity contribution in [3.05, 3.63) is 0 Å². The van der Waals surface area contributed by atoms with E-state index in [0.29, 0.717) is 13.2 Å². The quantitative estimate of drug-likeness (QED) is 0.110. The molecule has 0 aromatic rings. The highest BCUT2D eigenvalue weighted by Crippen LogP contribution is 2.21. The lowest BCUT2D eigenvalue weighted by Gasteiger charge is -2.33. The van der Waals surface area contributed by atoms with Gasteiger partial charge in [0.25, 0.3) is 0 Å². The van der Waals surface area contributed by atoms with Crippen molar-refractivity contribution in [3.8, 4) is 0 Å². The van der Waals surface area contributed by atoms with Crippen LogP contribution in [0.1, 0.15) is 0 Å². The zero-order valence-corrected chi connectivity index (χ0v) is 16.4. The maximum absolute atomic E-state index is 9.46. The predicted molar refractivity (Wildman–Crippen MR) is 96.9 cm³/mol. The van der Waals surface area contributed by atoms with Crippen molar-refractivity contribution in [2.24, 2.45) is 5.41 Å². The van der Waals surface area contributed by atoms with E-state index in [1.807, 2.05) is 0 Å². The summed E-state index contributed by atoms with van der Waals surface area (Å²) in [5, 5.41) is 55.1. The lowest BCUT2D eigenvalue weighted by molar-refractivity contribution is -0.132. The van der Waals surface area contributed by atoms with E-state index in [2.05, 4.69) is 0 Å². The van der Waals surface area contributed by atoms with Crippen molar-refractivity contribution in [2.75, 3.05) is 86.4 Å². The molecule has 0 aliphatic rings. The smallest absolute Gasteiger partial charge is 0.100 e. The van der Waals surface area contributed by atoms with Gasteiger partial charge in [-0.25, -0.2) is 0 Å². The summed E-state index contributed by atoms with van der Waals surface area (Å²) < 4.78 is 26.9. The van der Waals surface area contributed by atoms with Gasteiger partial charge in [0.15, 0.2) is 0 Å².